The van der Waals surface area contributed by atoms with Crippen molar-refractivity contribution in [3.63, 3.8) is 0 Å². The minimum Gasteiger partial charge on any atom is -0.347 e. The summed E-state index contributed by atoms with van der Waals surface area (Å²) >= 11 is 0. The number of hydrogen-bond donors (Lipinski definition) is 5. The highest BCUT2D eigenvalue weighted by Gasteiger charge is 2.44. The number of likely N-dealkylation sites (N-methyl/N-ethyl adjacent to an activating group) is 1. The van der Waals surface area contributed by atoms with E-state index in [-0.39, 0.29) is 65.3 Å². The molecular weight excluding hydrogens is 855 g/mol. The zero-order valence-electron chi connectivity index (χ0n) is 41.3. The van der Waals surface area contributed by atoms with Gasteiger partial charge in [-0.3, -0.25) is 28.8 Å². The molecule has 13 nitrogen and oxygen atoms in total. The molecule has 0 unspecified atom stereocenters. The van der Waals surface area contributed by atoms with Crippen molar-refractivity contribution in [2.24, 2.45) is 17.8 Å². The number of amides is 6. The molecule has 2 aromatic carbocycles. The summed E-state index contributed by atoms with van der Waals surface area (Å²) in [6.07, 6.45) is 18.6. The number of carbonyl (C=O) groups excluding carboxylic acids is 6. The third-order valence-electron chi connectivity index (χ3n) is 16.9. The molecule has 68 heavy (non-hydrogen) atoms. The van der Waals surface area contributed by atoms with E-state index in [1.54, 1.807) is 23.8 Å². The van der Waals surface area contributed by atoms with Gasteiger partial charge < -0.3 is 36.4 Å². The molecular formula is C55H79N7O6. The Labute approximate surface area is 404 Å². The van der Waals surface area contributed by atoms with Crippen LogP contribution >= 0.6 is 0 Å². The third-order valence-corrected chi connectivity index (χ3v) is 16.9. The van der Waals surface area contributed by atoms with Gasteiger partial charge in [0.15, 0.2) is 0 Å². The molecule has 0 aromatic heterocycles. The molecule has 0 radical (unpaired) electrons. The maximum Gasteiger partial charge on any atom is 0.246 e. The molecule has 6 aliphatic rings. The fraction of sp³-hybridized carbons (Fsp3) is 0.673. The molecule has 8 atom stereocenters. The smallest absolute Gasteiger partial charge is 0.246 e. The third kappa shape index (κ3) is 10.8. The van der Waals surface area contributed by atoms with E-state index in [9.17, 15) is 28.8 Å². The lowest BCUT2D eigenvalue weighted by Gasteiger charge is -2.36. The van der Waals surface area contributed by atoms with Gasteiger partial charge in [-0.1, -0.05) is 88.8 Å². The summed E-state index contributed by atoms with van der Waals surface area (Å²) in [5.41, 5.74) is 7.01. The molecule has 8 rings (SSSR count). The lowest BCUT2D eigenvalue weighted by molar-refractivity contribution is -0.143. The molecule has 2 saturated heterocycles. The van der Waals surface area contributed by atoms with Crippen molar-refractivity contribution in [3.8, 4) is 11.1 Å². The number of nitrogens with one attached hydrogen (secondary N) is 5. The summed E-state index contributed by atoms with van der Waals surface area (Å²) in [6, 6.07) is 9.62. The van der Waals surface area contributed by atoms with Crippen molar-refractivity contribution >= 4 is 35.4 Å². The molecule has 4 aliphatic carbocycles. The van der Waals surface area contributed by atoms with Crippen LogP contribution in [-0.4, -0.2) is 95.6 Å². The van der Waals surface area contributed by atoms with E-state index in [1.165, 1.54) is 11.1 Å². The van der Waals surface area contributed by atoms with Crippen LogP contribution in [0, 0.1) is 17.8 Å². The predicted molar refractivity (Wildman–Crippen MR) is 264 cm³/mol. The molecule has 370 valence electrons. The number of benzene rings is 2. The lowest BCUT2D eigenvalue weighted by Crippen LogP contribution is -2.58. The summed E-state index contributed by atoms with van der Waals surface area (Å²) in [5.74, 6) is -0.826. The van der Waals surface area contributed by atoms with E-state index in [0.717, 1.165) is 138 Å². The molecule has 13 heteroatoms. The summed E-state index contributed by atoms with van der Waals surface area (Å²) in [4.78, 5) is 87.4. The largest absolute Gasteiger partial charge is 0.347 e. The second kappa shape index (κ2) is 22.8. The minimum atomic E-state index is -0.644. The first-order valence-corrected chi connectivity index (χ1v) is 26.7. The average Bonchev–Trinajstić information content (AvgIpc) is 4.08. The number of carbonyl (C=O) groups is 6. The van der Waals surface area contributed by atoms with Crippen LogP contribution in [0.3, 0.4) is 0 Å². The SMILES string of the molecule is CC[C@@H](C)C(=O)N[C@H](C(=O)N1CCC[C@H]1C(=O)N[C@@H]1CCCc2c(-c3cccc4c3CCC[C@H]4NC(=O)[C@@H]3CCCN3C(=O)[C@@H](NC(=O)[C@H](C)NC)C3CCCCC3)cccc21)C1CCCCC1. The maximum absolute atomic E-state index is 14.4. The summed E-state index contributed by atoms with van der Waals surface area (Å²) < 4.78 is 0. The van der Waals surface area contributed by atoms with Gasteiger partial charge in [0.1, 0.15) is 24.2 Å². The van der Waals surface area contributed by atoms with Crippen molar-refractivity contribution in [3.05, 3.63) is 58.7 Å². The zero-order valence-corrected chi connectivity index (χ0v) is 41.3. The van der Waals surface area contributed by atoms with Gasteiger partial charge in [0.2, 0.25) is 35.4 Å². The number of nitrogens with zero attached hydrogens (tertiary/aromatic N) is 2. The van der Waals surface area contributed by atoms with E-state index in [1.807, 2.05) is 13.8 Å². The van der Waals surface area contributed by atoms with Crippen LogP contribution in [0.1, 0.15) is 177 Å². The molecule has 2 saturated carbocycles. The highest BCUT2D eigenvalue weighted by molar-refractivity contribution is 5.95. The van der Waals surface area contributed by atoms with Gasteiger partial charge in [0.25, 0.3) is 0 Å². The van der Waals surface area contributed by atoms with Crippen molar-refractivity contribution in [2.75, 3.05) is 20.1 Å². The molecule has 2 heterocycles. The fourth-order valence-corrected chi connectivity index (χ4v) is 12.6. The lowest BCUT2D eigenvalue weighted by atomic mass is 9.78. The van der Waals surface area contributed by atoms with E-state index in [2.05, 4.69) is 63.0 Å². The van der Waals surface area contributed by atoms with Crippen molar-refractivity contribution in [2.45, 2.75) is 198 Å². The Kier molecular flexibility index (Phi) is 16.6. The first-order chi connectivity index (χ1) is 33.0. The van der Waals surface area contributed by atoms with Gasteiger partial charge in [-0.2, -0.15) is 0 Å². The van der Waals surface area contributed by atoms with Crippen LogP contribution in [0.4, 0.5) is 0 Å². The maximum atomic E-state index is 14.4. The Bertz CT molecular complexity index is 2000. The number of fused-ring (bicyclic) bond motifs is 2. The normalized spacial score (nSPS) is 25.0. The first-order valence-electron chi connectivity index (χ1n) is 26.7. The molecule has 5 N–H and O–H groups in total. The fourth-order valence-electron chi connectivity index (χ4n) is 12.6. The highest BCUT2D eigenvalue weighted by Crippen LogP contribution is 2.42. The Morgan fingerprint density at radius 2 is 1.00 bits per heavy atom. The quantitative estimate of drug-likeness (QED) is 0.127. The average molecular weight is 934 g/mol. The monoisotopic (exact) mass is 934 g/mol. The molecule has 4 fully saturated rings. The van der Waals surface area contributed by atoms with E-state index in [0.29, 0.717) is 32.4 Å². The standard InChI is InChI=1S/C55H79N7O6/c1-5-34(2)50(63)59-48(36-18-8-6-9-19-36)54(67)61-32-16-30-46(61)52(65)57-44-28-14-24-40-38(22-12-26-42(40)44)39-23-13-27-43-41(39)25-15-29-45(43)58-53(66)47-31-17-33-62(47)55(68)49(37-20-10-7-11-21-37)60-51(64)35(3)56-4/h12-13,22-23,26-27,34-37,44-49,56H,5-11,14-21,24-25,28-33H2,1-4H3,(H,57,65)(H,58,66)(H,59,63)(H,60,64)/t34-,35+,44-,45-,46+,47+,48+,49+/m1/s1. The zero-order chi connectivity index (χ0) is 47.9. The summed E-state index contributed by atoms with van der Waals surface area (Å²) in [7, 11) is 1.74. The molecule has 2 aromatic rings. The van der Waals surface area contributed by atoms with E-state index < -0.39 is 30.2 Å². The van der Waals surface area contributed by atoms with Gasteiger partial charge in [-0.25, -0.2) is 0 Å². The summed E-state index contributed by atoms with van der Waals surface area (Å²) in [6.45, 7) is 6.70. The van der Waals surface area contributed by atoms with E-state index in [4.69, 9.17) is 0 Å². The van der Waals surface area contributed by atoms with Crippen molar-refractivity contribution in [1.29, 1.82) is 0 Å². The van der Waals surface area contributed by atoms with Crippen LogP contribution in [0.2, 0.25) is 0 Å². The predicted octanol–water partition coefficient (Wildman–Crippen LogP) is 7.11. The first kappa shape index (κ1) is 49.6. The molecule has 0 bridgehead atoms. The van der Waals surface area contributed by atoms with Crippen LogP contribution in [0.5, 0.6) is 0 Å². The molecule has 0 spiro atoms. The Morgan fingerprint density at radius 1 is 0.559 bits per heavy atom. The number of rotatable bonds is 15. The topological polar surface area (TPSA) is 169 Å². The van der Waals surface area contributed by atoms with Crippen molar-refractivity contribution in [1.82, 2.24) is 36.4 Å². The molecule has 2 aliphatic heterocycles. The van der Waals surface area contributed by atoms with Gasteiger partial charge in [-0.05, 0) is 156 Å². The van der Waals surface area contributed by atoms with Crippen LogP contribution in [0.15, 0.2) is 36.4 Å². The number of likely N-dealkylation sites (tertiary alicyclic amines) is 2. The number of hydrogen-bond acceptors (Lipinski definition) is 7. The van der Waals surface area contributed by atoms with Gasteiger partial charge in [0, 0.05) is 19.0 Å². The second-order valence-corrected chi connectivity index (χ2v) is 21.1. The van der Waals surface area contributed by atoms with Gasteiger partial charge >= 0.3 is 0 Å². The van der Waals surface area contributed by atoms with Gasteiger partial charge in [-0.15, -0.1) is 0 Å². The highest BCUT2D eigenvalue weighted by atomic mass is 16.2. The second-order valence-electron chi connectivity index (χ2n) is 21.1. The van der Waals surface area contributed by atoms with Crippen molar-refractivity contribution < 1.29 is 28.8 Å². The van der Waals surface area contributed by atoms with Crippen LogP contribution < -0.4 is 26.6 Å². The minimum absolute atomic E-state index is 0.0560. The summed E-state index contributed by atoms with van der Waals surface area (Å²) in [5, 5.41) is 16.1. The Morgan fingerprint density at radius 3 is 1.43 bits per heavy atom. The Hall–Kier alpha value is -4.78. The molecule has 6 amide bonds. The van der Waals surface area contributed by atoms with E-state index >= 15 is 0 Å². The van der Waals surface area contributed by atoms with Crippen LogP contribution in [-0.2, 0) is 41.6 Å². The van der Waals surface area contributed by atoms with Gasteiger partial charge in [0.05, 0.1) is 18.1 Å². The van der Waals surface area contributed by atoms with Crippen LogP contribution in [0.25, 0.3) is 11.1 Å². The Balaban J connectivity index is 0.970.